The van der Waals surface area contributed by atoms with Gasteiger partial charge in [-0.2, -0.15) is 25.9 Å². The predicted octanol–water partition coefficient (Wildman–Crippen LogP) is -0.377. The van der Waals surface area contributed by atoms with Gasteiger partial charge in [0, 0.05) is 32.1 Å². The maximum Gasteiger partial charge on any atom is 0.394 e. The molecule has 2 rings (SSSR count). The minimum absolute atomic E-state index is 0.00807. The number of halogens is 3. The van der Waals surface area contributed by atoms with Gasteiger partial charge in [-0.1, -0.05) is 0 Å². The van der Waals surface area contributed by atoms with E-state index in [4.69, 9.17) is 10.2 Å². The highest BCUT2D eigenvalue weighted by Crippen LogP contribution is 2.38. The van der Waals surface area contributed by atoms with E-state index in [1.807, 2.05) is 0 Å². The van der Waals surface area contributed by atoms with Crippen molar-refractivity contribution in [3.05, 3.63) is 0 Å². The third kappa shape index (κ3) is 3.98. The Morgan fingerprint density at radius 3 is 2.04 bits per heavy atom. The first-order valence-electron chi connectivity index (χ1n) is 7.27. The van der Waals surface area contributed by atoms with E-state index >= 15 is 0 Å². The number of nitrogens with two attached hydrogens (primary N) is 1. The lowest BCUT2D eigenvalue weighted by molar-refractivity contribution is -0.188. The van der Waals surface area contributed by atoms with Gasteiger partial charge in [-0.3, -0.25) is 9.59 Å². The molecule has 0 aromatic carbocycles. The van der Waals surface area contributed by atoms with Crippen LogP contribution in [0.25, 0.3) is 0 Å². The SMILES string of the molecule is NS(=O)(=O)N1CCC(C(=O)N2C[C@@H](C(F)(F)F)[C@H](C(=O)O)C2)CC1. The minimum atomic E-state index is -4.70. The van der Waals surface area contributed by atoms with Crippen LogP contribution in [0.2, 0.25) is 0 Å². The molecule has 0 aromatic rings. The summed E-state index contributed by atoms with van der Waals surface area (Å²) in [6.07, 6.45) is -4.42. The van der Waals surface area contributed by atoms with E-state index in [1.165, 1.54) is 0 Å². The van der Waals surface area contributed by atoms with Gasteiger partial charge in [0.1, 0.15) is 0 Å². The Morgan fingerprint density at radius 2 is 1.67 bits per heavy atom. The van der Waals surface area contributed by atoms with Crippen LogP contribution < -0.4 is 5.14 Å². The highest BCUT2D eigenvalue weighted by molar-refractivity contribution is 7.86. The van der Waals surface area contributed by atoms with Crippen LogP contribution in [0.3, 0.4) is 0 Å². The highest BCUT2D eigenvalue weighted by Gasteiger charge is 2.54. The number of amides is 1. The summed E-state index contributed by atoms with van der Waals surface area (Å²) < 4.78 is 62.2. The van der Waals surface area contributed by atoms with Crippen molar-refractivity contribution in [2.24, 2.45) is 22.9 Å². The number of carbonyl (C=O) groups is 2. The van der Waals surface area contributed by atoms with E-state index in [1.54, 1.807) is 0 Å². The lowest BCUT2D eigenvalue weighted by atomic mass is 9.96. The molecule has 2 aliphatic rings. The zero-order chi connectivity index (χ0) is 18.3. The number of carbonyl (C=O) groups excluding carboxylic acids is 1. The molecule has 138 valence electrons. The van der Waals surface area contributed by atoms with E-state index in [9.17, 15) is 31.2 Å². The van der Waals surface area contributed by atoms with Crippen LogP contribution in [0.15, 0.2) is 0 Å². The summed E-state index contributed by atoms with van der Waals surface area (Å²) in [5.41, 5.74) is 0. The average Bonchev–Trinajstić information content (AvgIpc) is 2.91. The first-order valence-corrected chi connectivity index (χ1v) is 8.77. The predicted molar refractivity (Wildman–Crippen MR) is 74.7 cm³/mol. The Bertz CT molecular complexity index is 616. The minimum Gasteiger partial charge on any atom is -0.481 e. The van der Waals surface area contributed by atoms with Gasteiger partial charge in [-0.05, 0) is 12.8 Å². The molecule has 0 radical (unpaired) electrons. The van der Waals surface area contributed by atoms with Gasteiger partial charge < -0.3 is 10.0 Å². The summed E-state index contributed by atoms with van der Waals surface area (Å²) in [6.45, 7) is -1.16. The van der Waals surface area contributed by atoms with Crippen LogP contribution in [-0.2, 0) is 19.8 Å². The molecule has 1 amide bonds. The van der Waals surface area contributed by atoms with Crippen molar-refractivity contribution >= 4 is 22.1 Å². The first-order chi connectivity index (χ1) is 10.9. The molecule has 24 heavy (non-hydrogen) atoms. The topological polar surface area (TPSA) is 121 Å². The first kappa shape index (κ1) is 18.9. The van der Waals surface area contributed by atoms with E-state index < -0.39 is 59.1 Å². The number of nitrogens with zero attached hydrogens (tertiary/aromatic N) is 2. The molecule has 2 atom stereocenters. The molecular formula is C12H18F3N3O5S. The van der Waals surface area contributed by atoms with Crippen molar-refractivity contribution in [3.63, 3.8) is 0 Å². The zero-order valence-corrected chi connectivity index (χ0v) is 13.4. The quantitative estimate of drug-likeness (QED) is 0.699. The standard InChI is InChI=1S/C12H18F3N3O5S/c13-12(14,15)9-6-17(5-8(9)11(20)21)10(19)7-1-3-18(4-2-7)24(16,22)23/h7-9H,1-6H2,(H,20,21)(H2,16,22,23)/t8-,9-/m1/s1. The average molecular weight is 373 g/mol. The van der Waals surface area contributed by atoms with Crippen molar-refractivity contribution in [1.82, 2.24) is 9.21 Å². The number of hydrogen-bond donors (Lipinski definition) is 2. The van der Waals surface area contributed by atoms with Crippen LogP contribution in [0, 0.1) is 17.8 Å². The molecular weight excluding hydrogens is 355 g/mol. The van der Waals surface area contributed by atoms with Gasteiger partial charge in [-0.15, -0.1) is 0 Å². The maximum atomic E-state index is 12.9. The van der Waals surface area contributed by atoms with E-state index in [0.29, 0.717) is 0 Å². The van der Waals surface area contributed by atoms with E-state index in [2.05, 4.69) is 0 Å². The number of carboxylic acid groups (broad SMARTS) is 1. The molecule has 2 aliphatic heterocycles. The van der Waals surface area contributed by atoms with Crippen molar-refractivity contribution in [2.45, 2.75) is 19.0 Å². The number of aliphatic carboxylic acids is 1. The molecule has 0 saturated carbocycles. The molecule has 8 nitrogen and oxygen atoms in total. The van der Waals surface area contributed by atoms with Gasteiger partial charge in [-0.25, -0.2) is 5.14 Å². The zero-order valence-electron chi connectivity index (χ0n) is 12.6. The second-order valence-electron chi connectivity index (χ2n) is 6.05. The summed E-state index contributed by atoms with van der Waals surface area (Å²) in [6, 6.07) is 0. The fourth-order valence-corrected chi connectivity index (χ4v) is 3.90. The van der Waals surface area contributed by atoms with E-state index in [-0.39, 0.29) is 25.9 Å². The fourth-order valence-electron chi connectivity index (χ4n) is 3.18. The molecule has 2 saturated heterocycles. The van der Waals surface area contributed by atoms with Crippen LogP contribution in [0.4, 0.5) is 13.2 Å². The second kappa shape index (κ2) is 6.48. The summed E-state index contributed by atoms with van der Waals surface area (Å²) in [5, 5.41) is 13.9. The molecule has 3 N–H and O–H groups in total. The molecule has 0 spiro atoms. The van der Waals surface area contributed by atoms with Gasteiger partial charge >= 0.3 is 12.1 Å². The Morgan fingerprint density at radius 1 is 1.12 bits per heavy atom. The molecule has 0 bridgehead atoms. The van der Waals surface area contributed by atoms with Gasteiger partial charge in [0.05, 0.1) is 11.8 Å². The number of alkyl halides is 3. The number of likely N-dealkylation sites (tertiary alicyclic amines) is 1. The van der Waals surface area contributed by atoms with Crippen LogP contribution in [0.1, 0.15) is 12.8 Å². The lowest BCUT2D eigenvalue weighted by Crippen LogP contribution is -2.46. The van der Waals surface area contributed by atoms with E-state index in [0.717, 1.165) is 9.21 Å². The van der Waals surface area contributed by atoms with Gasteiger partial charge in [0.25, 0.3) is 10.2 Å². The van der Waals surface area contributed by atoms with Gasteiger partial charge in [0.2, 0.25) is 5.91 Å². The van der Waals surface area contributed by atoms with Crippen LogP contribution >= 0.6 is 0 Å². The molecule has 12 heteroatoms. The summed E-state index contributed by atoms with van der Waals surface area (Å²) in [5.74, 6) is -6.56. The largest absolute Gasteiger partial charge is 0.481 e. The van der Waals surface area contributed by atoms with Crippen LogP contribution in [-0.4, -0.2) is 67.0 Å². The molecule has 0 unspecified atom stereocenters. The summed E-state index contributed by atoms with van der Waals surface area (Å²) >= 11 is 0. The number of rotatable bonds is 3. The number of hydrogen-bond acceptors (Lipinski definition) is 4. The molecule has 2 fully saturated rings. The third-order valence-electron chi connectivity index (χ3n) is 4.53. The van der Waals surface area contributed by atoms with Crippen molar-refractivity contribution in [1.29, 1.82) is 0 Å². The van der Waals surface area contributed by atoms with Crippen molar-refractivity contribution in [2.75, 3.05) is 26.2 Å². The Balaban J connectivity index is 2.03. The van der Waals surface area contributed by atoms with Crippen LogP contribution in [0.5, 0.6) is 0 Å². The Labute approximate surface area is 136 Å². The maximum absolute atomic E-state index is 12.9. The normalized spacial score (nSPS) is 27.4. The molecule has 0 aromatic heterocycles. The third-order valence-corrected chi connectivity index (χ3v) is 5.62. The fraction of sp³-hybridized carbons (Fsp3) is 0.833. The highest BCUT2D eigenvalue weighted by atomic mass is 32.2. The number of piperidine rings is 1. The molecule has 0 aliphatic carbocycles. The second-order valence-corrected chi connectivity index (χ2v) is 7.60. The van der Waals surface area contributed by atoms with Crippen molar-refractivity contribution < 1.29 is 36.3 Å². The summed E-state index contributed by atoms with van der Waals surface area (Å²) in [4.78, 5) is 24.3. The Hall–Kier alpha value is -1.40. The van der Waals surface area contributed by atoms with Crippen molar-refractivity contribution in [3.8, 4) is 0 Å². The summed E-state index contributed by atoms with van der Waals surface area (Å²) in [7, 11) is -3.86. The smallest absolute Gasteiger partial charge is 0.394 e. The monoisotopic (exact) mass is 373 g/mol. The molecule has 2 heterocycles. The Kier molecular flexibility index (Phi) is 5.11. The lowest BCUT2D eigenvalue weighted by Gasteiger charge is -2.31. The number of carboxylic acids is 1. The van der Waals surface area contributed by atoms with Gasteiger partial charge in [0.15, 0.2) is 0 Å².